The summed E-state index contributed by atoms with van der Waals surface area (Å²) in [5, 5.41) is 16.5. The standard InChI is InChI=1S/C23H33N5O2/c1-3-30-21-8-7-16(12-17(21)15-29)14-28-11-5-4-6-20(28)23-26-19-13-25-10-9-18(19)22(24-2)27-23/h7-8,12,20,25,29H,3-6,9-11,13-15H2,1-2H3,(H,24,26,27)/t20-/m1/s1. The van der Waals surface area contributed by atoms with Crippen molar-refractivity contribution in [2.24, 2.45) is 0 Å². The van der Waals surface area contributed by atoms with Crippen molar-refractivity contribution in [2.75, 3.05) is 32.1 Å². The summed E-state index contributed by atoms with van der Waals surface area (Å²) in [4.78, 5) is 12.4. The van der Waals surface area contributed by atoms with Gasteiger partial charge >= 0.3 is 0 Å². The molecule has 3 heterocycles. The Morgan fingerprint density at radius 1 is 1.30 bits per heavy atom. The first kappa shape index (κ1) is 21.0. The third-order valence-corrected chi connectivity index (χ3v) is 6.08. The molecule has 0 amide bonds. The molecular weight excluding hydrogens is 378 g/mol. The van der Waals surface area contributed by atoms with Gasteiger partial charge in [-0.25, -0.2) is 9.97 Å². The number of aliphatic hydroxyl groups excluding tert-OH is 1. The van der Waals surface area contributed by atoms with Crippen molar-refractivity contribution in [3.8, 4) is 5.75 Å². The molecule has 162 valence electrons. The molecule has 30 heavy (non-hydrogen) atoms. The third-order valence-electron chi connectivity index (χ3n) is 6.08. The monoisotopic (exact) mass is 411 g/mol. The van der Waals surface area contributed by atoms with E-state index in [0.29, 0.717) is 6.61 Å². The van der Waals surface area contributed by atoms with Gasteiger partial charge in [-0.3, -0.25) is 4.90 Å². The minimum atomic E-state index is -0.0148. The Morgan fingerprint density at radius 3 is 3.00 bits per heavy atom. The second-order valence-electron chi connectivity index (χ2n) is 8.05. The van der Waals surface area contributed by atoms with E-state index < -0.39 is 0 Å². The third kappa shape index (κ3) is 4.43. The number of likely N-dealkylation sites (tertiary alicyclic amines) is 1. The lowest BCUT2D eigenvalue weighted by Gasteiger charge is -2.35. The molecular formula is C23H33N5O2. The van der Waals surface area contributed by atoms with Crippen LogP contribution in [0.1, 0.15) is 60.4 Å². The predicted molar refractivity (Wildman–Crippen MR) is 118 cm³/mol. The van der Waals surface area contributed by atoms with Crippen LogP contribution in [0, 0.1) is 0 Å². The summed E-state index contributed by atoms with van der Waals surface area (Å²) in [6.07, 6.45) is 4.42. The molecule has 4 rings (SSSR count). The molecule has 0 aliphatic carbocycles. The van der Waals surface area contributed by atoms with Crippen molar-refractivity contribution < 1.29 is 9.84 Å². The SMILES string of the molecule is CCOc1ccc(CN2CCCC[C@@H]2c2nc3c(c(NC)n2)CCNC3)cc1CO. The Morgan fingerprint density at radius 2 is 2.20 bits per heavy atom. The van der Waals surface area contributed by atoms with Gasteiger partial charge in [0.2, 0.25) is 0 Å². The molecule has 0 bridgehead atoms. The van der Waals surface area contributed by atoms with E-state index in [9.17, 15) is 5.11 Å². The Balaban J connectivity index is 1.60. The molecule has 2 aromatic rings. The number of rotatable bonds is 7. The van der Waals surface area contributed by atoms with E-state index in [1.807, 2.05) is 20.0 Å². The number of piperidine rings is 1. The number of hydrogen-bond acceptors (Lipinski definition) is 7. The normalized spacial score (nSPS) is 19.4. The number of fused-ring (bicyclic) bond motifs is 1. The minimum Gasteiger partial charge on any atom is -0.494 e. The number of ether oxygens (including phenoxy) is 1. The van der Waals surface area contributed by atoms with E-state index in [1.165, 1.54) is 24.0 Å². The van der Waals surface area contributed by atoms with Crippen LogP contribution in [0.25, 0.3) is 0 Å². The Bertz CT molecular complexity index is 856. The molecule has 1 aromatic heterocycles. The first-order chi connectivity index (χ1) is 14.7. The quantitative estimate of drug-likeness (QED) is 0.646. The lowest BCUT2D eigenvalue weighted by atomic mass is 9.99. The van der Waals surface area contributed by atoms with Crippen LogP contribution in [0.2, 0.25) is 0 Å². The fourth-order valence-electron chi connectivity index (χ4n) is 4.59. The minimum absolute atomic E-state index is 0.0148. The number of nitrogens with zero attached hydrogens (tertiary/aromatic N) is 3. The Labute approximate surface area is 178 Å². The van der Waals surface area contributed by atoms with E-state index in [2.05, 4.69) is 27.7 Å². The summed E-state index contributed by atoms with van der Waals surface area (Å²) in [5.41, 5.74) is 4.41. The van der Waals surface area contributed by atoms with E-state index >= 15 is 0 Å². The summed E-state index contributed by atoms with van der Waals surface area (Å²) in [5.74, 6) is 2.67. The van der Waals surface area contributed by atoms with Crippen molar-refractivity contribution in [1.82, 2.24) is 20.2 Å². The van der Waals surface area contributed by atoms with Gasteiger partial charge in [-0.15, -0.1) is 0 Å². The van der Waals surface area contributed by atoms with Gasteiger partial charge in [0, 0.05) is 31.3 Å². The lowest BCUT2D eigenvalue weighted by molar-refractivity contribution is 0.133. The highest BCUT2D eigenvalue weighted by atomic mass is 16.5. The fraction of sp³-hybridized carbons (Fsp3) is 0.565. The van der Waals surface area contributed by atoms with Gasteiger partial charge in [0.25, 0.3) is 0 Å². The van der Waals surface area contributed by atoms with Crippen molar-refractivity contribution >= 4 is 5.82 Å². The maximum absolute atomic E-state index is 9.75. The molecule has 2 aliphatic heterocycles. The Hall–Kier alpha value is -2.22. The zero-order chi connectivity index (χ0) is 20.9. The first-order valence-electron chi connectivity index (χ1n) is 11.1. The number of anilines is 1. The molecule has 1 atom stereocenters. The molecule has 1 aromatic carbocycles. The number of hydrogen-bond donors (Lipinski definition) is 3. The predicted octanol–water partition coefficient (Wildman–Crippen LogP) is 2.78. The zero-order valence-corrected chi connectivity index (χ0v) is 18.1. The summed E-state index contributed by atoms with van der Waals surface area (Å²) < 4.78 is 5.64. The maximum Gasteiger partial charge on any atom is 0.148 e. The van der Waals surface area contributed by atoms with Gasteiger partial charge in [-0.2, -0.15) is 0 Å². The summed E-state index contributed by atoms with van der Waals surface area (Å²) in [6.45, 7) is 6.17. The second kappa shape index (κ2) is 9.73. The van der Waals surface area contributed by atoms with Gasteiger partial charge in [-0.1, -0.05) is 12.5 Å². The molecule has 1 fully saturated rings. The fourth-order valence-corrected chi connectivity index (χ4v) is 4.59. The van der Waals surface area contributed by atoms with Crippen LogP contribution >= 0.6 is 0 Å². The van der Waals surface area contributed by atoms with Gasteiger partial charge < -0.3 is 20.5 Å². The van der Waals surface area contributed by atoms with Gasteiger partial charge in [0.15, 0.2) is 0 Å². The summed E-state index contributed by atoms with van der Waals surface area (Å²) in [7, 11) is 1.95. The van der Waals surface area contributed by atoms with E-state index in [-0.39, 0.29) is 12.6 Å². The number of nitrogens with one attached hydrogen (secondary N) is 2. The molecule has 7 heteroatoms. The summed E-state index contributed by atoms with van der Waals surface area (Å²) in [6, 6.07) is 6.35. The molecule has 1 saturated heterocycles. The van der Waals surface area contributed by atoms with Crippen LogP contribution in [0.4, 0.5) is 5.82 Å². The molecule has 0 spiro atoms. The second-order valence-corrected chi connectivity index (χ2v) is 8.05. The van der Waals surface area contributed by atoms with Crippen molar-refractivity contribution in [3.63, 3.8) is 0 Å². The van der Waals surface area contributed by atoms with Crippen molar-refractivity contribution in [1.29, 1.82) is 0 Å². The largest absolute Gasteiger partial charge is 0.494 e. The average molecular weight is 412 g/mol. The van der Waals surface area contributed by atoms with Gasteiger partial charge in [0.05, 0.1) is 24.9 Å². The van der Waals surface area contributed by atoms with Crippen LogP contribution < -0.4 is 15.4 Å². The van der Waals surface area contributed by atoms with Gasteiger partial charge in [0.1, 0.15) is 17.4 Å². The van der Waals surface area contributed by atoms with Crippen LogP contribution in [-0.4, -0.2) is 46.7 Å². The topological polar surface area (TPSA) is 82.5 Å². The molecule has 7 nitrogen and oxygen atoms in total. The van der Waals surface area contributed by atoms with E-state index in [4.69, 9.17) is 14.7 Å². The average Bonchev–Trinajstić information content (AvgIpc) is 2.79. The lowest BCUT2D eigenvalue weighted by Crippen LogP contribution is -2.35. The van der Waals surface area contributed by atoms with Crippen molar-refractivity contribution in [2.45, 2.75) is 58.3 Å². The summed E-state index contributed by atoms with van der Waals surface area (Å²) >= 11 is 0. The molecule has 2 aliphatic rings. The molecule has 0 radical (unpaired) electrons. The smallest absolute Gasteiger partial charge is 0.148 e. The number of benzene rings is 1. The Kier molecular flexibility index (Phi) is 6.82. The van der Waals surface area contributed by atoms with E-state index in [0.717, 1.165) is 67.7 Å². The highest BCUT2D eigenvalue weighted by Gasteiger charge is 2.28. The highest BCUT2D eigenvalue weighted by Crippen LogP contribution is 2.33. The van der Waals surface area contributed by atoms with E-state index in [1.54, 1.807) is 0 Å². The first-order valence-corrected chi connectivity index (χ1v) is 11.1. The van der Waals surface area contributed by atoms with Crippen LogP contribution in [0.5, 0.6) is 5.75 Å². The van der Waals surface area contributed by atoms with Crippen LogP contribution in [0.3, 0.4) is 0 Å². The number of aromatic nitrogens is 2. The van der Waals surface area contributed by atoms with Crippen LogP contribution in [0.15, 0.2) is 18.2 Å². The number of aliphatic hydroxyl groups is 1. The van der Waals surface area contributed by atoms with Gasteiger partial charge in [-0.05, 0) is 57.0 Å². The molecule has 0 unspecified atom stereocenters. The van der Waals surface area contributed by atoms with Crippen molar-refractivity contribution in [3.05, 3.63) is 46.4 Å². The molecule has 0 saturated carbocycles. The van der Waals surface area contributed by atoms with Crippen LogP contribution in [-0.2, 0) is 26.1 Å². The zero-order valence-electron chi connectivity index (χ0n) is 18.1. The molecule has 3 N–H and O–H groups in total. The highest BCUT2D eigenvalue weighted by molar-refractivity contribution is 5.47. The maximum atomic E-state index is 9.75.